The Kier molecular flexibility index (Phi) is 3.49. The van der Waals surface area contributed by atoms with Crippen LogP contribution in [-0.4, -0.2) is 26.8 Å². The molecule has 2 aromatic rings. The molecule has 0 aliphatic carbocycles. The number of aryl methyl sites for hydroxylation is 2. The lowest BCUT2D eigenvalue weighted by atomic mass is 10.1. The minimum Gasteiger partial charge on any atom is -0.308 e. The molecule has 0 aromatic carbocycles. The van der Waals surface area contributed by atoms with E-state index in [0.717, 1.165) is 23.6 Å². The van der Waals surface area contributed by atoms with Crippen molar-refractivity contribution in [1.82, 2.24) is 25.1 Å². The molecule has 0 amide bonds. The number of hydrogen-bond donors (Lipinski definition) is 1. The standard InChI is InChI=1S/C12H17N5/c1-4-17-8-10(7-15-17)12(13-3)11-5-6-14-9(2)16-11/h5-8,12-13H,4H2,1-3H3. The Morgan fingerprint density at radius 1 is 1.47 bits per heavy atom. The summed E-state index contributed by atoms with van der Waals surface area (Å²) in [5, 5.41) is 7.54. The van der Waals surface area contributed by atoms with Crippen molar-refractivity contribution in [3.8, 4) is 0 Å². The van der Waals surface area contributed by atoms with E-state index in [2.05, 4.69) is 27.3 Å². The SMILES string of the molecule is CCn1cc(C(NC)c2ccnc(C)n2)cn1. The Bertz CT molecular complexity index is 491. The quantitative estimate of drug-likeness (QED) is 0.862. The highest BCUT2D eigenvalue weighted by atomic mass is 15.3. The zero-order chi connectivity index (χ0) is 12.3. The molecule has 90 valence electrons. The van der Waals surface area contributed by atoms with Crippen molar-refractivity contribution in [2.24, 2.45) is 0 Å². The van der Waals surface area contributed by atoms with E-state index < -0.39 is 0 Å². The van der Waals surface area contributed by atoms with E-state index in [9.17, 15) is 0 Å². The number of nitrogens with one attached hydrogen (secondary N) is 1. The average Bonchev–Trinajstić information content (AvgIpc) is 2.79. The van der Waals surface area contributed by atoms with Gasteiger partial charge in [0.2, 0.25) is 0 Å². The summed E-state index contributed by atoms with van der Waals surface area (Å²) in [5.74, 6) is 0.783. The van der Waals surface area contributed by atoms with Gasteiger partial charge in [0, 0.05) is 24.5 Å². The molecule has 2 aromatic heterocycles. The maximum atomic E-state index is 4.45. The van der Waals surface area contributed by atoms with Crippen LogP contribution >= 0.6 is 0 Å². The van der Waals surface area contributed by atoms with Crippen LogP contribution in [0.15, 0.2) is 24.7 Å². The molecule has 17 heavy (non-hydrogen) atoms. The Morgan fingerprint density at radius 2 is 2.29 bits per heavy atom. The van der Waals surface area contributed by atoms with Crippen molar-refractivity contribution in [3.05, 3.63) is 41.7 Å². The van der Waals surface area contributed by atoms with Crippen LogP contribution in [0.4, 0.5) is 0 Å². The third-order valence-electron chi connectivity index (χ3n) is 2.69. The van der Waals surface area contributed by atoms with E-state index in [1.807, 2.05) is 37.1 Å². The lowest BCUT2D eigenvalue weighted by molar-refractivity contribution is 0.647. The number of nitrogens with zero attached hydrogens (tertiary/aromatic N) is 4. The lowest BCUT2D eigenvalue weighted by Gasteiger charge is -2.13. The molecule has 1 unspecified atom stereocenters. The van der Waals surface area contributed by atoms with Crippen LogP contribution in [0.3, 0.4) is 0 Å². The molecule has 0 aliphatic rings. The summed E-state index contributed by atoms with van der Waals surface area (Å²) >= 11 is 0. The zero-order valence-electron chi connectivity index (χ0n) is 10.4. The van der Waals surface area contributed by atoms with E-state index in [1.54, 1.807) is 6.20 Å². The molecule has 5 nitrogen and oxygen atoms in total. The summed E-state index contributed by atoms with van der Waals surface area (Å²) in [4.78, 5) is 8.56. The van der Waals surface area contributed by atoms with E-state index in [0.29, 0.717) is 0 Å². The van der Waals surface area contributed by atoms with Crippen molar-refractivity contribution < 1.29 is 0 Å². The maximum absolute atomic E-state index is 4.45. The van der Waals surface area contributed by atoms with Crippen molar-refractivity contribution in [3.63, 3.8) is 0 Å². The van der Waals surface area contributed by atoms with Gasteiger partial charge < -0.3 is 5.32 Å². The van der Waals surface area contributed by atoms with Crippen molar-refractivity contribution in [1.29, 1.82) is 0 Å². The summed E-state index contributed by atoms with van der Waals surface area (Å²) in [6, 6.07) is 1.99. The molecule has 2 rings (SSSR count). The van der Waals surface area contributed by atoms with Gasteiger partial charge in [-0.2, -0.15) is 5.10 Å². The van der Waals surface area contributed by atoms with Gasteiger partial charge in [0.1, 0.15) is 5.82 Å². The first-order chi connectivity index (χ1) is 8.24. The number of aromatic nitrogens is 4. The first-order valence-corrected chi connectivity index (χ1v) is 5.73. The summed E-state index contributed by atoms with van der Waals surface area (Å²) in [7, 11) is 1.92. The second kappa shape index (κ2) is 5.05. The topological polar surface area (TPSA) is 55.6 Å². The number of hydrogen-bond acceptors (Lipinski definition) is 4. The van der Waals surface area contributed by atoms with E-state index in [4.69, 9.17) is 0 Å². The zero-order valence-corrected chi connectivity index (χ0v) is 10.4. The molecule has 0 bridgehead atoms. The molecule has 0 saturated heterocycles. The Balaban J connectivity index is 2.33. The van der Waals surface area contributed by atoms with Crippen molar-refractivity contribution in [2.45, 2.75) is 26.4 Å². The fraction of sp³-hybridized carbons (Fsp3) is 0.417. The van der Waals surface area contributed by atoms with Gasteiger partial charge in [-0.1, -0.05) is 0 Å². The molecule has 1 N–H and O–H groups in total. The van der Waals surface area contributed by atoms with Gasteiger partial charge in [0.15, 0.2) is 0 Å². The van der Waals surface area contributed by atoms with Gasteiger partial charge in [-0.15, -0.1) is 0 Å². The largest absolute Gasteiger partial charge is 0.308 e. The average molecular weight is 231 g/mol. The van der Waals surface area contributed by atoms with Crippen LogP contribution in [0.2, 0.25) is 0 Å². The molecule has 1 atom stereocenters. The Hall–Kier alpha value is -1.75. The first-order valence-electron chi connectivity index (χ1n) is 5.73. The van der Waals surface area contributed by atoms with E-state index in [1.165, 1.54) is 0 Å². The third kappa shape index (κ3) is 2.50. The van der Waals surface area contributed by atoms with Crippen molar-refractivity contribution in [2.75, 3.05) is 7.05 Å². The van der Waals surface area contributed by atoms with Gasteiger partial charge in [-0.3, -0.25) is 4.68 Å². The summed E-state index contributed by atoms with van der Waals surface area (Å²) in [5.41, 5.74) is 2.09. The molecule has 5 heteroatoms. The highest BCUT2D eigenvalue weighted by Gasteiger charge is 2.15. The van der Waals surface area contributed by atoms with Gasteiger partial charge >= 0.3 is 0 Å². The molecule has 0 saturated carbocycles. The lowest BCUT2D eigenvalue weighted by Crippen LogP contribution is -2.19. The highest BCUT2D eigenvalue weighted by molar-refractivity contribution is 5.23. The monoisotopic (exact) mass is 231 g/mol. The predicted octanol–water partition coefficient (Wildman–Crippen LogP) is 1.31. The van der Waals surface area contributed by atoms with Crippen LogP contribution < -0.4 is 5.32 Å². The molecule has 0 radical (unpaired) electrons. The summed E-state index contributed by atoms with van der Waals surface area (Å²) in [6.45, 7) is 4.84. The van der Waals surface area contributed by atoms with Gasteiger partial charge in [-0.25, -0.2) is 9.97 Å². The molecule has 2 heterocycles. The fourth-order valence-electron chi connectivity index (χ4n) is 1.82. The van der Waals surface area contributed by atoms with Gasteiger partial charge in [-0.05, 0) is 27.0 Å². The van der Waals surface area contributed by atoms with Gasteiger partial charge in [0.05, 0.1) is 17.9 Å². The fourth-order valence-corrected chi connectivity index (χ4v) is 1.82. The second-order valence-electron chi connectivity index (χ2n) is 3.88. The molecular weight excluding hydrogens is 214 g/mol. The molecule has 0 fully saturated rings. The summed E-state index contributed by atoms with van der Waals surface area (Å²) in [6.07, 6.45) is 5.70. The maximum Gasteiger partial charge on any atom is 0.125 e. The van der Waals surface area contributed by atoms with Crippen LogP contribution in [0, 0.1) is 6.92 Å². The van der Waals surface area contributed by atoms with E-state index in [-0.39, 0.29) is 6.04 Å². The summed E-state index contributed by atoms with van der Waals surface area (Å²) < 4.78 is 1.91. The van der Waals surface area contributed by atoms with E-state index >= 15 is 0 Å². The number of rotatable bonds is 4. The van der Waals surface area contributed by atoms with Crippen LogP contribution in [0.25, 0.3) is 0 Å². The molecule has 0 spiro atoms. The van der Waals surface area contributed by atoms with Crippen LogP contribution in [0.5, 0.6) is 0 Å². The van der Waals surface area contributed by atoms with Crippen LogP contribution in [0.1, 0.15) is 30.0 Å². The molecule has 0 aliphatic heterocycles. The van der Waals surface area contributed by atoms with Crippen molar-refractivity contribution >= 4 is 0 Å². The Morgan fingerprint density at radius 3 is 2.88 bits per heavy atom. The minimum atomic E-state index is 0.0667. The Labute approximate surface area is 101 Å². The first kappa shape index (κ1) is 11.7. The van der Waals surface area contributed by atoms with Gasteiger partial charge in [0.25, 0.3) is 0 Å². The highest BCUT2D eigenvalue weighted by Crippen LogP contribution is 2.18. The minimum absolute atomic E-state index is 0.0667. The molecular formula is C12H17N5. The second-order valence-corrected chi connectivity index (χ2v) is 3.88. The third-order valence-corrected chi connectivity index (χ3v) is 2.69. The van der Waals surface area contributed by atoms with Crippen LogP contribution in [-0.2, 0) is 6.54 Å². The normalized spacial score (nSPS) is 12.6. The predicted molar refractivity (Wildman–Crippen MR) is 65.6 cm³/mol. The smallest absolute Gasteiger partial charge is 0.125 e.